The molecular formula is C22H23N3O3S2. The van der Waals surface area contributed by atoms with Crippen molar-refractivity contribution in [2.45, 2.75) is 44.2 Å². The maximum absolute atomic E-state index is 12.6. The Morgan fingerprint density at radius 1 is 1.33 bits per heavy atom. The summed E-state index contributed by atoms with van der Waals surface area (Å²) in [4.78, 5) is 24.1. The van der Waals surface area contributed by atoms with Gasteiger partial charge in [-0.25, -0.2) is 9.97 Å². The number of thioether (sulfide) groups is 1. The first kappa shape index (κ1) is 19.6. The summed E-state index contributed by atoms with van der Waals surface area (Å²) in [5.74, 6) is 2.49. The molecule has 0 bridgehead atoms. The largest absolute Gasteiger partial charge is 0.454 e. The van der Waals surface area contributed by atoms with Gasteiger partial charge in [-0.1, -0.05) is 24.8 Å². The smallest absolute Gasteiger partial charge is 0.231 e. The summed E-state index contributed by atoms with van der Waals surface area (Å²) in [5, 5.41) is 5.14. The number of benzene rings is 1. The van der Waals surface area contributed by atoms with Crippen LogP contribution in [0.15, 0.2) is 29.6 Å². The third-order valence-corrected chi connectivity index (χ3v) is 7.82. The van der Waals surface area contributed by atoms with E-state index in [2.05, 4.69) is 22.2 Å². The van der Waals surface area contributed by atoms with Gasteiger partial charge in [0.15, 0.2) is 11.5 Å². The molecule has 156 valence electrons. The minimum atomic E-state index is -0.117. The fourth-order valence-electron chi connectivity index (χ4n) is 4.04. The average molecular weight is 442 g/mol. The second kappa shape index (κ2) is 8.07. The number of rotatable bonds is 5. The van der Waals surface area contributed by atoms with E-state index >= 15 is 0 Å². The number of carbonyl (C=O) groups is 1. The summed E-state index contributed by atoms with van der Waals surface area (Å²) in [5.41, 5.74) is 2.38. The Morgan fingerprint density at radius 3 is 3.10 bits per heavy atom. The van der Waals surface area contributed by atoms with E-state index in [1.54, 1.807) is 17.7 Å². The van der Waals surface area contributed by atoms with Crippen molar-refractivity contribution in [2.24, 2.45) is 5.92 Å². The molecule has 2 atom stereocenters. The lowest BCUT2D eigenvalue weighted by Crippen LogP contribution is -2.28. The molecule has 30 heavy (non-hydrogen) atoms. The highest BCUT2D eigenvalue weighted by Gasteiger charge is 2.23. The highest BCUT2D eigenvalue weighted by Crippen LogP contribution is 2.40. The van der Waals surface area contributed by atoms with Crippen molar-refractivity contribution in [3.63, 3.8) is 0 Å². The Balaban J connectivity index is 1.27. The van der Waals surface area contributed by atoms with Gasteiger partial charge in [0.25, 0.3) is 0 Å². The molecule has 2 aliphatic rings. The number of carbonyl (C=O) groups excluding carboxylic acids is 1. The van der Waals surface area contributed by atoms with E-state index in [0.717, 1.165) is 51.1 Å². The van der Waals surface area contributed by atoms with E-state index in [4.69, 9.17) is 9.47 Å². The molecule has 1 aromatic carbocycles. The molecule has 2 aromatic heterocycles. The Kier molecular flexibility index (Phi) is 5.28. The van der Waals surface area contributed by atoms with Crippen LogP contribution in [-0.2, 0) is 17.6 Å². The van der Waals surface area contributed by atoms with Crippen molar-refractivity contribution >= 4 is 39.2 Å². The number of amides is 1. The predicted molar refractivity (Wildman–Crippen MR) is 118 cm³/mol. The van der Waals surface area contributed by atoms with Crippen molar-refractivity contribution < 1.29 is 14.3 Å². The first-order valence-electron chi connectivity index (χ1n) is 10.2. The second-order valence-corrected chi connectivity index (χ2v) is 9.95. The molecule has 0 fully saturated rings. The quantitative estimate of drug-likeness (QED) is 0.464. The number of hydrogen-bond donors (Lipinski definition) is 1. The van der Waals surface area contributed by atoms with Crippen LogP contribution in [0.25, 0.3) is 10.2 Å². The van der Waals surface area contributed by atoms with Gasteiger partial charge in [0.05, 0.1) is 11.8 Å². The van der Waals surface area contributed by atoms with Crippen molar-refractivity contribution in [2.75, 3.05) is 12.5 Å². The highest BCUT2D eigenvalue weighted by molar-refractivity contribution is 8.00. The van der Waals surface area contributed by atoms with Gasteiger partial charge in [0.2, 0.25) is 12.7 Å². The number of fused-ring (bicyclic) bond motifs is 4. The van der Waals surface area contributed by atoms with Gasteiger partial charge in [0.1, 0.15) is 16.2 Å². The molecule has 3 aromatic rings. The number of ether oxygens (including phenoxy) is 2. The first-order valence-corrected chi connectivity index (χ1v) is 12.0. The predicted octanol–water partition coefficient (Wildman–Crippen LogP) is 4.51. The molecule has 1 aliphatic carbocycles. The molecular weight excluding hydrogens is 418 g/mol. The SMILES string of the molecule is C[C@H]1CCc2c(sc3ncnc(SCC(=O)N[C@@H](C)c4ccc5c(c4)OCO5)c23)C1. The monoisotopic (exact) mass is 441 g/mol. The lowest BCUT2D eigenvalue weighted by molar-refractivity contribution is -0.119. The fourth-order valence-corrected chi connectivity index (χ4v) is 6.29. The molecule has 0 spiro atoms. The van der Waals surface area contributed by atoms with E-state index in [1.165, 1.54) is 28.6 Å². The van der Waals surface area contributed by atoms with Gasteiger partial charge in [-0.3, -0.25) is 4.79 Å². The van der Waals surface area contributed by atoms with E-state index in [0.29, 0.717) is 5.75 Å². The molecule has 1 aliphatic heterocycles. The van der Waals surface area contributed by atoms with E-state index < -0.39 is 0 Å². The lowest BCUT2D eigenvalue weighted by Gasteiger charge is -2.18. The van der Waals surface area contributed by atoms with E-state index in [9.17, 15) is 4.79 Å². The third kappa shape index (κ3) is 3.74. The van der Waals surface area contributed by atoms with Gasteiger partial charge in [0, 0.05) is 10.3 Å². The number of nitrogens with zero attached hydrogens (tertiary/aromatic N) is 2. The summed E-state index contributed by atoms with van der Waals surface area (Å²) >= 11 is 3.27. The van der Waals surface area contributed by atoms with Gasteiger partial charge >= 0.3 is 0 Å². The molecule has 6 nitrogen and oxygen atoms in total. The highest BCUT2D eigenvalue weighted by atomic mass is 32.2. The number of aryl methyl sites for hydroxylation is 1. The number of aromatic nitrogens is 2. The Labute approximate surface area is 183 Å². The van der Waals surface area contributed by atoms with E-state index in [1.807, 2.05) is 25.1 Å². The minimum Gasteiger partial charge on any atom is -0.454 e. The summed E-state index contributed by atoms with van der Waals surface area (Å²) in [6.45, 7) is 4.52. The summed E-state index contributed by atoms with van der Waals surface area (Å²) in [7, 11) is 0. The Bertz CT molecular complexity index is 1110. The van der Waals surface area contributed by atoms with Crippen molar-refractivity contribution in [1.82, 2.24) is 15.3 Å². The van der Waals surface area contributed by atoms with Crippen molar-refractivity contribution in [3.05, 3.63) is 40.5 Å². The minimum absolute atomic E-state index is 0.0188. The van der Waals surface area contributed by atoms with Gasteiger partial charge in [-0.15, -0.1) is 11.3 Å². The molecule has 0 unspecified atom stereocenters. The average Bonchev–Trinajstić information content (AvgIpc) is 3.35. The van der Waals surface area contributed by atoms with Crippen LogP contribution < -0.4 is 14.8 Å². The second-order valence-electron chi connectivity index (χ2n) is 7.90. The lowest BCUT2D eigenvalue weighted by atomic mass is 9.89. The Morgan fingerprint density at radius 2 is 2.20 bits per heavy atom. The van der Waals surface area contributed by atoms with Crippen LogP contribution in [0, 0.1) is 5.92 Å². The van der Waals surface area contributed by atoms with Crippen LogP contribution in [0.3, 0.4) is 0 Å². The molecule has 1 N–H and O–H groups in total. The van der Waals surface area contributed by atoms with Crippen LogP contribution in [0.1, 0.15) is 42.3 Å². The zero-order valence-corrected chi connectivity index (χ0v) is 18.6. The topological polar surface area (TPSA) is 73.3 Å². The van der Waals surface area contributed by atoms with Crippen LogP contribution in [0.5, 0.6) is 11.5 Å². The molecule has 3 heterocycles. The summed E-state index contributed by atoms with van der Waals surface area (Å²) in [6.07, 6.45) is 5.01. The fraction of sp³-hybridized carbons (Fsp3) is 0.409. The van der Waals surface area contributed by atoms with Gasteiger partial charge in [-0.2, -0.15) is 0 Å². The maximum atomic E-state index is 12.6. The van der Waals surface area contributed by atoms with Crippen molar-refractivity contribution in [3.8, 4) is 11.5 Å². The zero-order chi connectivity index (χ0) is 20.7. The number of hydrogen-bond acceptors (Lipinski definition) is 7. The molecule has 0 saturated carbocycles. The first-order chi connectivity index (χ1) is 14.6. The van der Waals surface area contributed by atoms with Crippen LogP contribution in [0.4, 0.5) is 0 Å². The zero-order valence-electron chi connectivity index (χ0n) is 16.9. The molecule has 0 radical (unpaired) electrons. The van der Waals surface area contributed by atoms with Crippen LogP contribution >= 0.6 is 23.1 Å². The van der Waals surface area contributed by atoms with Gasteiger partial charge in [-0.05, 0) is 55.4 Å². The normalized spacial score (nSPS) is 18.3. The van der Waals surface area contributed by atoms with E-state index in [-0.39, 0.29) is 18.7 Å². The summed E-state index contributed by atoms with van der Waals surface area (Å²) in [6, 6.07) is 5.65. The molecule has 1 amide bonds. The number of thiophene rings is 1. The number of nitrogens with one attached hydrogen (secondary N) is 1. The van der Waals surface area contributed by atoms with Gasteiger partial charge < -0.3 is 14.8 Å². The third-order valence-electron chi connectivity index (χ3n) is 5.67. The summed E-state index contributed by atoms with van der Waals surface area (Å²) < 4.78 is 10.8. The maximum Gasteiger partial charge on any atom is 0.231 e. The van der Waals surface area contributed by atoms with Crippen LogP contribution in [0.2, 0.25) is 0 Å². The molecule has 0 saturated heterocycles. The van der Waals surface area contributed by atoms with Crippen LogP contribution in [-0.4, -0.2) is 28.4 Å². The standard InChI is InChI=1S/C22H23N3O3S2/c1-12-3-5-15-18(7-12)30-22-20(15)21(23-10-24-22)29-9-19(26)25-13(2)14-4-6-16-17(8-14)28-11-27-16/h4,6,8,10,12-13H,3,5,7,9,11H2,1-2H3,(H,25,26)/t12-,13-/m0/s1. The Hall–Kier alpha value is -2.32. The molecule has 8 heteroatoms. The molecule has 5 rings (SSSR count). The van der Waals surface area contributed by atoms with Crippen molar-refractivity contribution in [1.29, 1.82) is 0 Å².